The lowest BCUT2D eigenvalue weighted by Gasteiger charge is -2.37. The highest BCUT2D eigenvalue weighted by atomic mass is 16.5. The van der Waals surface area contributed by atoms with Crippen LogP contribution >= 0.6 is 0 Å². The molecule has 1 saturated heterocycles. The van der Waals surface area contributed by atoms with Crippen LogP contribution in [0.4, 0.5) is 0 Å². The Morgan fingerprint density at radius 2 is 1.85 bits per heavy atom. The molecule has 1 spiro atoms. The summed E-state index contributed by atoms with van der Waals surface area (Å²) < 4.78 is 6.55. The lowest BCUT2D eigenvalue weighted by Crippen LogP contribution is -2.40. The van der Waals surface area contributed by atoms with Crippen molar-refractivity contribution in [3.63, 3.8) is 0 Å². The molecule has 2 unspecified atom stereocenters. The first-order valence-corrected chi connectivity index (χ1v) is 8.93. The summed E-state index contributed by atoms with van der Waals surface area (Å²) >= 11 is 0. The molecule has 1 aliphatic heterocycles. The van der Waals surface area contributed by atoms with E-state index in [2.05, 4.69) is 26.1 Å². The molecular formula is C18H33NO. The summed E-state index contributed by atoms with van der Waals surface area (Å²) in [5.74, 6) is 0.720. The molecule has 3 rings (SSSR count). The first kappa shape index (κ1) is 14.8. The summed E-state index contributed by atoms with van der Waals surface area (Å²) in [5.41, 5.74) is 0.684. The SMILES string of the molecule is CC(C)C(C)(CNC1CC1)CC1CCC2(CCCC2)O1. The van der Waals surface area contributed by atoms with E-state index in [-0.39, 0.29) is 0 Å². The topological polar surface area (TPSA) is 21.3 Å². The summed E-state index contributed by atoms with van der Waals surface area (Å²) in [7, 11) is 0. The van der Waals surface area contributed by atoms with E-state index < -0.39 is 0 Å². The Labute approximate surface area is 125 Å². The standard InChI is InChI=1S/C18H33NO/c1-14(2)17(3,13-19-15-6-7-15)12-16-8-11-18(20-16)9-4-5-10-18/h14-16,19H,4-13H2,1-3H3. The number of hydrogen-bond acceptors (Lipinski definition) is 2. The van der Waals surface area contributed by atoms with Crippen LogP contribution in [-0.4, -0.2) is 24.3 Å². The Kier molecular flexibility index (Phi) is 4.16. The zero-order valence-corrected chi connectivity index (χ0v) is 13.7. The largest absolute Gasteiger partial charge is 0.372 e. The third kappa shape index (κ3) is 3.22. The van der Waals surface area contributed by atoms with E-state index in [1.807, 2.05) is 0 Å². The van der Waals surface area contributed by atoms with Crippen molar-refractivity contribution in [1.29, 1.82) is 0 Å². The molecule has 0 aromatic carbocycles. The van der Waals surface area contributed by atoms with Gasteiger partial charge in [-0.2, -0.15) is 0 Å². The summed E-state index contributed by atoms with van der Waals surface area (Å²) in [5, 5.41) is 3.76. The molecule has 2 heteroatoms. The molecule has 1 N–H and O–H groups in total. The highest BCUT2D eigenvalue weighted by Gasteiger charge is 2.44. The van der Waals surface area contributed by atoms with Crippen LogP contribution in [0, 0.1) is 11.3 Å². The van der Waals surface area contributed by atoms with E-state index >= 15 is 0 Å². The van der Waals surface area contributed by atoms with Crippen LogP contribution in [0.25, 0.3) is 0 Å². The van der Waals surface area contributed by atoms with Crippen LogP contribution in [-0.2, 0) is 4.74 Å². The van der Waals surface area contributed by atoms with Gasteiger partial charge < -0.3 is 10.1 Å². The molecule has 0 amide bonds. The second-order valence-corrected chi connectivity index (χ2v) is 8.34. The zero-order valence-electron chi connectivity index (χ0n) is 13.7. The van der Waals surface area contributed by atoms with Crippen molar-refractivity contribution in [2.24, 2.45) is 11.3 Å². The molecular weight excluding hydrogens is 246 g/mol. The van der Waals surface area contributed by atoms with Gasteiger partial charge in [-0.25, -0.2) is 0 Å². The van der Waals surface area contributed by atoms with Crippen LogP contribution in [0.3, 0.4) is 0 Å². The highest BCUT2D eigenvalue weighted by molar-refractivity contribution is 4.96. The molecule has 0 aromatic rings. The lowest BCUT2D eigenvalue weighted by atomic mass is 9.74. The van der Waals surface area contributed by atoms with Gasteiger partial charge in [-0.05, 0) is 56.3 Å². The summed E-state index contributed by atoms with van der Waals surface area (Å²) in [6.07, 6.45) is 12.6. The van der Waals surface area contributed by atoms with Gasteiger partial charge >= 0.3 is 0 Å². The van der Waals surface area contributed by atoms with Crippen molar-refractivity contribution >= 4 is 0 Å². The Balaban J connectivity index is 1.55. The fourth-order valence-corrected chi connectivity index (χ4v) is 4.12. The molecule has 0 bridgehead atoms. The zero-order chi connectivity index (χ0) is 14.2. The van der Waals surface area contributed by atoms with E-state index in [1.54, 1.807) is 0 Å². The first-order valence-electron chi connectivity index (χ1n) is 8.93. The van der Waals surface area contributed by atoms with Crippen molar-refractivity contribution in [3.05, 3.63) is 0 Å². The maximum atomic E-state index is 6.55. The number of hydrogen-bond donors (Lipinski definition) is 1. The van der Waals surface area contributed by atoms with Gasteiger partial charge in [-0.15, -0.1) is 0 Å². The molecule has 1 heterocycles. The Morgan fingerprint density at radius 1 is 1.15 bits per heavy atom. The molecule has 20 heavy (non-hydrogen) atoms. The van der Waals surface area contributed by atoms with Gasteiger partial charge in [0.25, 0.3) is 0 Å². The number of nitrogens with one attached hydrogen (secondary N) is 1. The highest BCUT2D eigenvalue weighted by Crippen LogP contribution is 2.46. The van der Waals surface area contributed by atoms with E-state index in [4.69, 9.17) is 4.74 Å². The molecule has 2 atom stereocenters. The molecule has 2 aliphatic carbocycles. The second kappa shape index (κ2) is 5.61. The van der Waals surface area contributed by atoms with Crippen LogP contribution in [0.5, 0.6) is 0 Å². The average Bonchev–Trinajstić information content (AvgIpc) is 3.01. The molecule has 3 fully saturated rings. The van der Waals surface area contributed by atoms with Crippen molar-refractivity contribution in [2.45, 2.75) is 96.3 Å². The fraction of sp³-hybridized carbons (Fsp3) is 1.00. The van der Waals surface area contributed by atoms with Crippen LogP contribution in [0.2, 0.25) is 0 Å². The second-order valence-electron chi connectivity index (χ2n) is 8.34. The Hall–Kier alpha value is -0.0800. The molecule has 2 nitrogen and oxygen atoms in total. The molecule has 3 aliphatic rings. The van der Waals surface area contributed by atoms with Crippen LogP contribution in [0.15, 0.2) is 0 Å². The molecule has 0 aromatic heterocycles. The Morgan fingerprint density at radius 3 is 2.45 bits per heavy atom. The van der Waals surface area contributed by atoms with Crippen LogP contribution < -0.4 is 5.32 Å². The summed E-state index contributed by atoms with van der Waals surface area (Å²) in [4.78, 5) is 0. The minimum Gasteiger partial charge on any atom is -0.372 e. The maximum Gasteiger partial charge on any atom is 0.0687 e. The predicted octanol–water partition coefficient (Wildman–Crippen LogP) is 4.28. The smallest absolute Gasteiger partial charge is 0.0687 e. The van der Waals surface area contributed by atoms with Crippen molar-refractivity contribution in [1.82, 2.24) is 5.32 Å². The normalized spacial score (nSPS) is 32.1. The summed E-state index contributed by atoms with van der Waals surface area (Å²) in [6, 6.07) is 0.818. The molecule has 116 valence electrons. The Bertz CT molecular complexity index is 330. The summed E-state index contributed by atoms with van der Waals surface area (Å²) in [6.45, 7) is 8.40. The minimum atomic E-state index is 0.298. The monoisotopic (exact) mass is 279 g/mol. The first-order chi connectivity index (χ1) is 9.51. The van der Waals surface area contributed by atoms with Crippen LogP contribution in [0.1, 0.15) is 78.6 Å². The third-order valence-corrected chi connectivity index (χ3v) is 6.31. The average molecular weight is 279 g/mol. The van der Waals surface area contributed by atoms with Gasteiger partial charge in [0.2, 0.25) is 0 Å². The number of ether oxygens (including phenoxy) is 1. The van der Waals surface area contributed by atoms with Gasteiger partial charge in [-0.1, -0.05) is 33.6 Å². The fourth-order valence-electron chi connectivity index (χ4n) is 4.12. The van der Waals surface area contributed by atoms with Crippen molar-refractivity contribution in [3.8, 4) is 0 Å². The van der Waals surface area contributed by atoms with E-state index in [0.29, 0.717) is 17.1 Å². The van der Waals surface area contributed by atoms with Gasteiger partial charge in [-0.3, -0.25) is 0 Å². The maximum absolute atomic E-state index is 6.55. The lowest BCUT2D eigenvalue weighted by molar-refractivity contribution is -0.0566. The van der Waals surface area contributed by atoms with E-state index in [1.165, 1.54) is 64.3 Å². The van der Waals surface area contributed by atoms with Gasteiger partial charge in [0.05, 0.1) is 11.7 Å². The van der Waals surface area contributed by atoms with Gasteiger partial charge in [0.1, 0.15) is 0 Å². The van der Waals surface area contributed by atoms with Gasteiger partial charge in [0.15, 0.2) is 0 Å². The van der Waals surface area contributed by atoms with E-state index in [9.17, 15) is 0 Å². The quantitative estimate of drug-likeness (QED) is 0.783. The molecule has 0 radical (unpaired) electrons. The van der Waals surface area contributed by atoms with Crippen molar-refractivity contribution < 1.29 is 4.74 Å². The molecule has 2 saturated carbocycles. The minimum absolute atomic E-state index is 0.298. The van der Waals surface area contributed by atoms with E-state index in [0.717, 1.165) is 12.0 Å². The van der Waals surface area contributed by atoms with Gasteiger partial charge in [0, 0.05) is 12.6 Å². The van der Waals surface area contributed by atoms with Crippen molar-refractivity contribution in [2.75, 3.05) is 6.54 Å². The predicted molar refractivity (Wildman–Crippen MR) is 83.9 cm³/mol. The number of rotatable bonds is 6. The third-order valence-electron chi connectivity index (χ3n) is 6.31.